The summed E-state index contributed by atoms with van der Waals surface area (Å²) in [6, 6.07) is 23.9. The minimum absolute atomic E-state index is 0.811. The largest absolute Gasteiger partial charge is 0.256 e. The Bertz CT molecular complexity index is 849. The van der Waals surface area contributed by atoms with Crippen LogP contribution in [0.4, 0.5) is 0 Å². The van der Waals surface area contributed by atoms with Gasteiger partial charge in [0.25, 0.3) is 0 Å². The molecule has 124 valence electrons. The van der Waals surface area contributed by atoms with Crippen molar-refractivity contribution in [2.45, 2.75) is 31.6 Å². The molecular weight excluding hydrogens is 302 g/mol. The lowest BCUT2D eigenvalue weighted by atomic mass is 9.83. The van der Waals surface area contributed by atoms with Gasteiger partial charge in [-0.15, -0.1) is 0 Å². The van der Waals surface area contributed by atoms with Gasteiger partial charge >= 0.3 is 0 Å². The van der Waals surface area contributed by atoms with Gasteiger partial charge in [0.2, 0.25) is 0 Å². The zero-order valence-corrected chi connectivity index (χ0v) is 14.4. The van der Waals surface area contributed by atoms with Crippen molar-refractivity contribution < 1.29 is 0 Å². The van der Waals surface area contributed by atoms with Gasteiger partial charge in [-0.05, 0) is 54.2 Å². The number of nitrogens with zero attached hydrogens (tertiary/aromatic N) is 1. The van der Waals surface area contributed by atoms with Crippen molar-refractivity contribution in [3.63, 3.8) is 0 Å². The quantitative estimate of drug-likeness (QED) is 0.549. The fourth-order valence-electron chi connectivity index (χ4n) is 4.92. The summed E-state index contributed by atoms with van der Waals surface area (Å²) in [5.74, 6) is 2.76. The van der Waals surface area contributed by atoms with E-state index in [0.29, 0.717) is 0 Å². The van der Waals surface area contributed by atoms with Crippen molar-refractivity contribution in [3.8, 4) is 22.4 Å². The zero-order chi connectivity index (χ0) is 16.6. The molecule has 2 aromatic carbocycles. The van der Waals surface area contributed by atoms with Gasteiger partial charge in [-0.25, -0.2) is 0 Å². The van der Waals surface area contributed by atoms with E-state index in [-0.39, 0.29) is 0 Å². The number of fused-ring (bicyclic) bond motifs is 2. The van der Waals surface area contributed by atoms with E-state index < -0.39 is 0 Å². The molecule has 0 amide bonds. The zero-order valence-electron chi connectivity index (χ0n) is 14.4. The highest BCUT2D eigenvalue weighted by Crippen LogP contribution is 2.52. The summed E-state index contributed by atoms with van der Waals surface area (Å²) in [5.41, 5.74) is 6.20. The van der Waals surface area contributed by atoms with E-state index in [1.807, 2.05) is 12.3 Å². The lowest BCUT2D eigenvalue weighted by Crippen LogP contribution is -2.08. The highest BCUT2D eigenvalue weighted by atomic mass is 14.7. The Hall–Kier alpha value is -2.41. The Morgan fingerprint density at radius 1 is 0.680 bits per heavy atom. The Morgan fingerprint density at radius 3 is 2.12 bits per heavy atom. The molecule has 3 atom stereocenters. The summed E-state index contributed by atoms with van der Waals surface area (Å²) in [7, 11) is 0. The summed E-state index contributed by atoms with van der Waals surface area (Å²) in [5, 5.41) is 0. The van der Waals surface area contributed by atoms with E-state index in [0.717, 1.165) is 23.4 Å². The van der Waals surface area contributed by atoms with E-state index in [9.17, 15) is 0 Å². The van der Waals surface area contributed by atoms with E-state index in [1.165, 1.54) is 42.4 Å². The van der Waals surface area contributed by atoms with Crippen LogP contribution >= 0.6 is 0 Å². The van der Waals surface area contributed by atoms with Gasteiger partial charge in [-0.3, -0.25) is 4.98 Å². The fraction of sp³-hybridized carbons (Fsp3) is 0.292. The molecule has 0 N–H and O–H groups in total. The molecule has 3 unspecified atom stereocenters. The van der Waals surface area contributed by atoms with Crippen molar-refractivity contribution in [2.24, 2.45) is 11.8 Å². The van der Waals surface area contributed by atoms with Gasteiger partial charge in [0.1, 0.15) is 0 Å². The SMILES string of the molecule is c1ccc(-c2ccc(-c3ccc(C4CC5CCC4C5)cc3)cn2)cc1. The first-order valence-electron chi connectivity index (χ1n) is 9.48. The van der Waals surface area contributed by atoms with E-state index in [4.69, 9.17) is 0 Å². The van der Waals surface area contributed by atoms with E-state index in [1.54, 1.807) is 5.56 Å². The first-order valence-corrected chi connectivity index (χ1v) is 9.48. The standard InChI is InChI=1S/C24H23N/c1-2-4-20(5-3-1)24-13-12-22(16-25-24)18-8-10-19(11-9-18)23-15-17-6-7-21(23)14-17/h1-5,8-13,16-17,21,23H,6-7,14-15H2. The summed E-state index contributed by atoms with van der Waals surface area (Å²) < 4.78 is 0. The number of rotatable bonds is 3. The average Bonchev–Trinajstić information content (AvgIpc) is 3.33. The molecule has 1 heteroatoms. The molecule has 0 saturated heterocycles. The molecule has 2 fully saturated rings. The van der Waals surface area contributed by atoms with Gasteiger partial charge in [0.05, 0.1) is 5.69 Å². The Balaban J connectivity index is 1.37. The number of benzene rings is 2. The number of aromatic nitrogens is 1. The second-order valence-corrected chi connectivity index (χ2v) is 7.70. The van der Waals surface area contributed by atoms with E-state index in [2.05, 4.69) is 65.6 Å². The summed E-state index contributed by atoms with van der Waals surface area (Å²) in [6.45, 7) is 0. The van der Waals surface area contributed by atoms with Crippen molar-refractivity contribution in [1.29, 1.82) is 0 Å². The van der Waals surface area contributed by atoms with Gasteiger partial charge in [-0.2, -0.15) is 0 Å². The van der Waals surface area contributed by atoms with Crippen molar-refractivity contribution >= 4 is 0 Å². The monoisotopic (exact) mass is 325 g/mol. The van der Waals surface area contributed by atoms with Crippen molar-refractivity contribution in [2.75, 3.05) is 0 Å². The van der Waals surface area contributed by atoms with Gasteiger partial charge in [0, 0.05) is 17.3 Å². The predicted octanol–water partition coefficient (Wildman–Crippen LogP) is 6.32. The molecule has 2 saturated carbocycles. The molecule has 2 bridgehead atoms. The van der Waals surface area contributed by atoms with Gasteiger partial charge < -0.3 is 0 Å². The highest BCUT2D eigenvalue weighted by Gasteiger charge is 2.39. The third-order valence-corrected chi connectivity index (χ3v) is 6.24. The molecule has 0 radical (unpaired) electrons. The molecule has 1 heterocycles. The van der Waals surface area contributed by atoms with Crippen LogP contribution in [0.2, 0.25) is 0 Å². The molecule has 3 aromatic rings. The highest BCUT2D eigenvalue weighted by molar-refractivity contribution is 5.67. The summed E-state index contributed by atoms with van der Waals surface area (Å²) >= 11 is 0. The maximum absolute atomic E-state index is 4.66. The van der Waals surface area contributed by atoms with Crippen LogP contribution in [0.5, 0.6) is 0 Å². The van der Waals surface area contributed by atoms with E-state index >= 15 is 0 Å². The third-order valence-electron chi connectivity index (χ3n) is 6.24. The Morgan fingerprint density at radius 2 is 1.48 bits per heavy atom. The molecule has 2 aliphatic rings. The van der Waals surface area contributed by atoms with Crippen LogP contribution < -0.4 is 0 Å². The van der Waals surface area contributed by atoms with Crippen LogP contribution in [0.1, 0.15) is 37.2 Å². The lowest BCUT2D eigenvalue weighted by molar-refractivity contribution is 0.420. The Labute approximate surface area is 149 Å². The van der Waals surface area contributed by atoms with Crippen molar-refractivity contribution in [3.05, 3.63) is 78.5 Å². The number of hydrogen-bond donors (Lipinski definition) is 0. The Kier molecular flexibility index (Phi) is 3.66. The summed E-state index contributed by atoms with van der Waals surface area (Å²) in [6.07, 6.45) is 7.80. The average molecular weight is 325 g/mol. The first kappa shape index (κ1) is 14.9. The molecule has 25 heavy (non-hydrogen) atoms. The third kappa shape index (κ3) is 2.78. The predicted molar refractivity (Wildman–Crippen MR) is 103 cm³/mol. The maximum Gasteiger partial charge on any atom is 0.0702 e. The van der Waals surface area contributed by atoms with Crippen LogP contribution in [-0.4, -0.2) is 4.98 Å². The van der Waals surface area contributed by atoms with Crippen LogP contribution in [0.15, 0.2) is 72.9 Å². The summed E-state index contributed by atoms with van der Waals surface area (Å²) in [4.78, 5) is 4.66. The lowest BCUT2D eigenvalue weighted by Gasteiger charge is -2.22. The molecule has 0 aliphatic heterocycles. The van der Waals surface area contributed by atoms with Crippen LogP contribution in [0, 0.1) is 11.8 Å². The molecule has 1 nitrogen and oxygen atoms in total. The minimum Gasteiger partial charge on any atom is -0.256 e. The molecule has 0 spiro atoms. The topological polar surface area (TPSA) is 12.9 Å². The molecule has 1 aromatic heterocycles. The van der Waals surface area contributed by atoms with Crippen LogP contribution in [-0.2, 0) is 0 Å². The van der Waals surface area contributed by atoms with Crippen LogP contribution in [0.3, 0.4) is 0 Å². The van der Waals surface area contributed by atoms with Crippen LogP contribution in [0.25, 0.3) is 22.4 Å². The molecular formula is C24H23N. The maximum atomic E-state index is 4.66. The second kappa shape index (κ2) is 6.15. The van der Waals surface area contributed by atoms with Gasteiger partial charge in [0.15, 0.2) is 0 Å². The second-order valence-electron chi connectivity index (χ2n) is 7.70. The minimum atomic E-state index is 0.811. The fourth-order valence-corrected chi connectivity index (χ4v) is 4.92. The smallest absolute Gasteiger partial charge is 0.0702 e. The molecule has 2 aliphatic carbocycles. The molecule has 5 rings (SSSR count). The normalized spacial score (nSPS) is 24.6. The number of hydrogen-bond acceptors (Lipinski definition) is 1. The van der Waals surface area contributed by atoms with Gasteiger partial charge in [-0.1, -0.05) is 67.1 Å². The van der Waals surface area contributed by atoms with Crippen molar-refractivity contribution in [1.82, 2.24) is 4.98 Å². The first-order chi connectivity index (χ1) is 12.4. The number of pyridine rings is 1.